The molecule has 0 unspecified atom stereocenters. The predicted molar refractivity (Wildman–Crippen MR) is 116 cm³/mol. The Morgan fingerprint density at radius 2 is 2.00 bits per heavy atom. The van der Waals surface area contributed by atoms with Crippen LogP contribution in [0.25, 0.3) is 0 Å². The molecule has 7 nitrogen and oxygen atoms in total. The van der Waals surface area contributed by atoms with E-state index in [-0.39, 0.29) is 18.2 Å². The summed E-state index contributed by atoms with van der Waals surface area (Å²) < 4.78 is 35.8. The van der Waals surface area contributed by atoms with Crippen molar-refractivity contribution in [2.45, 2.75) is 44.1 Å². The minimum absolute atomic E-state index is 0.00761. The number of likely N-dealkylation sites (tertiary alicyclic amines) is 1. The van der Waals surface area contributed by atoms with Gasteiger partial charge in [0.2, 0.25) is 0 Å². The summed E-state index contributed by atoms with van der Waals surface area (Å²) in [5.41, 5.74) is -1.18. The monoisotopic (exact) mass is 453 g/mol. The molecule has 0 amide bonds. The zero-order chi connectivity index (χ0) is 23.4. The highest BCUT2D eigenvalue weighted by atomic mass is 19.1. The molecule has 1 aliphatic heterocycles. The summed E-state index contributed by atoms with van der Waals surface area (Å²) in [6.07, 6.45) is 4.07. The third-order valence-electron chi connectivity index (χ3n) is 6.28. The first-order valence-electron chi connectivity index (χ1n) is 10.8. The van der Waals surface area contributed by atoms with Crippen molar-refractivity contribution < 1.29 is 18.6 Å². The molecule has 0 radical (unpaired) electrons. The highest BCUT2D eigenvalue weighted by Crippen LogP contribution is 2.34. The van der Waals surface area contributed by atoms with Gasteiger partial charge < -0.3 is 9.84 Å². The molecule has 0 aliphatic carbocycles. The fraction of sp³-hybridized carbons (Fsp3) is 0.375. The van der Waals surface area contributed by atoms with E-state index in [0.717, 1.165) is 12.1 Å². The van der Waals surface area contributed by atoms with Gasteiger partial charge in [-0.1, -0.05) is 18.2 Å². The Bertz CT molecular complexity index is 1130. The number of para-hydroxylation sites is 1. The van der Waals surface area contributed by atoms with E-state index in [1.807, 2.05) is 13.0 Å². The van der Waals surface area contributed by atoms with Crippen LogP contribution in [0.3, 0.4) is 0 Å². The van der Waals surface area contributed by atoms with E-state index in [0.29, 0.717) is 37.2 Å². The summed E-state index contributed by atoms with van der Waals surface area (Å²) in [6.45, 7) is 2.99. The van der Waals surface area contributed by atoms with Crippen LogP contribution in [0.4, 0.5) is 8.78 Å². The van der Waals surface area contributed by atoms with E-state index < -0.39 is 23.3 Å². The maximum Gasteiger partial charge on any atom is 0.137 e. The van der Waals surface area contributed by atoms with Crippen molar-refractivity contribution in [1.82, 2.24) is 19.7 Å². The average Bonchev–Trinajstić information content (AvgIpc) is 3.32. The molecular weight excluding hydrogens is 428 g/mol. The predicted octanol–water partition coefficient (Wildman–Crippen LogP) is 3.25. The van der Waals surface area contributed by atoms with Crippen LogP contribution in [0.1, 0.15) is 30.9 Å². The Morgan fingerprint density at radius 3 is 2.67 bits per heavy atom. The second kappa shape index (κ2) is 9.65. The number of aliphatic hydroxyl groups is 1. The van der Waals surface area contributed by atoms with E-state index >= 15 is 0 Å². The fourth-order valence-corrected chi connectivity index (χ4v) is 4.37. The normalized spacial score (nSPS) is 17.8. The quantitative estimate of drug-likeness (QED) is 0.591. The molecule has 0 spiro atoms. The van der Waals surface area contributed by atoms with Gasteiger partial charge in [-0.3, -0.25) is 4.90 Å². The smallest absolute Gasteiger partial charge is 0.137 e. The molecule has 2 heterocycles. The van der Waals surface area contributed by atoms with Crippen molar-refractivity contribution in [2.24, 2.45) is 0 Å². The summed E-state index contributed by atoms with van der Waals surface area (Å²) in [6, 6.07) is 12.0. The summed E-state index contributed by atoms with van der Waals surface area (Å²) in [4.78, 5) is 5.97. The van der Waals surface area contributed by atoms with Gasteiger partial charge in [0.1, 0.15) is 47.8 Å². The lowest BCUT2D eigenvalue weighted by Gasteiger charge is -2.44. The number of halogens is 2. The van der Waals surface area contributed by atoms with Crippen molar-refractivity contribution in [3.63, 3.8) is 0 Å². The molecule has 1 aromatic heterocycles. The van der Waals surface area contributed by atoms with Crippen LogP contribution in [-0.4, -0.2) is 50.0 Å². The summed E-state index contributed by atoms with van der Waals surface area (Å²) in [5, 5.41) is 25.1. The van der Waals surface area contributed by atoms with Crippen molar-refractivity contribution in [3.05, 3.63) is 77.9 Å². The van der Waals surface area contributed by atoms with Crippen LogP contribution in [0, 0.1) is 23.0 Å². The lowest BCUT2D eigenvalue weighted by molar-refractivity contribution is -0.0747. The number of rotatable bonds is 7. The zero-order valence-electron chi connectivity index (χ0n) is 18.2. The van der Waals surface area contributed by atoms with Crippen molar-refractivity contribution in [2.75, 3.05) is 13.1 Å². The first kappa shape index (κ1) is 22.8. The Labute approximate surface area is 190 Å². The van der Waals surface area contributed by atoms with E-state index in [2.05, 4.69) is 21.1 Å². The van der Waals surface area contributed by atoms with Crippen LogP contribution >= 0.6 is 0 Å². The van der Waals surface area contributed by atoms with Crippen molar-refractivity contribution >= 4 is 0 Å². The molecule has 1 aliphatic rings. The zero-order valence-corrected chi connectivity index (χ0v) is 18.2. The van der Waals surface area contributed by atoms with Gasteiger partial charge in [0, 0.05) is 30.8 Å². The molecule has 4 rings (SSSR count). The molecule has 172 valence electrons. The Hall–Kier alpha value is -3.35. The SMILES string of the molecule is C[C@@H](N1CCC(Oc2ccccc2C#N)CC1)[C@](O)(Cn1cncn1)c1ccc(F)cc1F. The largest absolute Gasteiger partial charge is 0.489 e. The highest BCUT2D eigenvalue weighted by molar-refractivity contribution is 5.42. The molecule has 9 heteroatoms. The number of benzene rings is 2. The minimum atomic E-state index is -1.67. The minimum Gasteiger partial charge on any atom is -0.489 e. The van der Waals surface area contributed by atoms with E-state index in [4.69, 9.17) is 4.74 Å². The second-order valence-corrected chi connectivity index (χ2v) is 8.28. The lowest BCUT2D eigenvalue weighted by atomic mass is 9.84. The van der Waals surface area contributed by atoms with Crippen molar-refractivity contribution in [3.8, 4) is 11.8 Å². The Kier molecular flexibility index (Phi) is 6.67. The Morgan fingerprint density at radius 1 is 1.24 bits per heavy atom. The molecule has 0 bridgehead atoms. The van der Waals surface area contributed by atoms with Crippen LogP contribution in [0.2, 0.25) is 0 Å². The van der Waals surface area contributed by atoms with Crippen LogP contribution in [0.15, 0.2) is 55.1 Å². The summed E-state index contributed by atoms with van der Waals surface area (Å²) >= 11 is 0. The summed E-state index contributed by atoms with van der Waals surface area (Å²) in [5.74, 6) is -0.957. The number of ether oxygens (including phenoxy) is 1. The van der Waals surface area contributed by atoms with Gasteiger partial charge in [0.15, 0.2) is 0 Å². The van der Waals surface area contributed by atoms with Crippen LogP contribution in [-0.2, 0) is 12.1 Å². The maximum atomic E-state index is 14.8. The van der Waals surface area contributed by atoms with E-state index in [1.165, 1.54) is 23.4 Å². The molecule has 3 aromatic rings. The van der Waals surface area contributed by atoms with Gasteiger partial charge in [-0.25, -0.2) is 18.4 Å². The number of nitrogens with zero attached hydrogens (tertiary/aromatic N) is 5. The third kappa shape index (κ3) is 4.87. The van der Waals surface area contributed by atoms with Gasteiger partial charge in [0.25, 0.3) is 0 Å². The number of aromatic nitrogens is 3. The number of hydrogen-bond acceptors (Lipinski definition) is 6. The molecule has 1 saturated heterocycles. The first-order chi connectivity index (χ1) is 15.9. The van der Waals surface area contributed by atoms with E-state index in [1.54, 1.807) is 18.2 Å². The molecule has 33 heavy (non-hydrogen) atoms. The van der Waals surface area contributed by atoms with Gasteiger partial charge in [0.05, 0.1) is 12.1 Å². The topological polar surface area (TPSA) is 87.2 Å². The first-order valence-corrected chi connectivity index (χ1v) is 10.8. The summed E-state index contributed by atoms with van der Waals surface area (Å²) in [7, 11) is 0. The molecular formula is C24H25F2N5O2. The molecule has 2 aromatic carbocycles. The number of piperidine rings is 1. The lowest BCUT2D eigenvalue weighted by Crippen LogP contribution is -2.54. The van der Waals surface area contributed by atoms with Crippen LogP contribution < -0.4 is 4.74 Å². The standard InChI is InChI=1S/C24H25F2N5O2/c1-17(30-10-8-20(9-11-30)33-23-5-3-2-4-18(23)13-27)24(32,14-31-16-28-15-29-31)21-7-6-19(25)12-22(21)26/h2-7,12,15-17,20,32H,8-11,14H2,1H3/t17-,24-/m1/s1. The highest BCUT2D eigenvalue weighted by Gasteiger charge is 2.43. The fourth-order valence-electron chi connectivity index (χ4n) is 4.37. The van der Waals surface area contributed by atoms with Gasteiger partial charge in [-0.2, -0.15) is 10.4 Å². The van der Waals surface area contributed by atoms with Gasteiger partial charge in [-0.05, 0) is 38.0 Å². The number of hydrogen-bond donors (Lipinski definition) is 1. The van der Waals surface area contributed by atoms with Gasteiger partial charge in [-0.15, -0.1) is 0 Å². The van der Waals surface area contributed by atoms with E-state index in [9.17, 15) is 19.1 Å². The second-order valence-electron chi connectivity index (χ2n) is 8.28. The third-order valence-corrected chi connectivity index (χ3v) is 6.28. The molecule has 0 saturated carbocycles. The number of nitriles is 1. The molecule has 1 N–H and O–H groups in total. The molecule has 2 atom stereocenters. The van der Waals surface area contributed by atoms with Crippen molar-refractivity contribution in [1.29, 1.82) is 5.26 Å². The van der Waals surface area contributed by atoms with Crippen LogP contribution in [0.5, 0.6) is 5.75 Å². The van der Waals surface area contributed by atoms with Gasteiger partial charge >= 0.3 is 0 Å². The maximum absolute atomic E-state index is 14.8. The Balaban J connectivity index is 1.51. The molecule has 1 fully saturated rings. The average molecular weight is 453 g/mol.